The number of ether oxygens (including phenoxy) is 1. The minimum Gasteiger partial charge on any atom is -0.478 e. The molecule has 0 aliphatic heterocycles. The van der Waals surface area contributed by atoms with E-state index in [2.05, 4.69) is 53.0 Å². The molecule has 0 atom stereocenters. The van der Waals surface area contributed by atoms with Crippen LogP contribution in [0.5, 0.6) is 5.88 Å². The van der Waals surface area contributed by atoms with E-state index in [0.29, 0.717) is 28.5 Å². The van der Waals surface area contributed by atoms with Gasteiger partial charge in [0.05, 0.1) is 18.1 Å². The number of anilines is 2. The van der Waals surface area contributed by atoms with Crippen LogP contribution in [0.2, 0.25) is 0 Å². The Hall–Kier alpha value is -3.97. The van der Waals surface area contributed by atoms with Gasteiger partial charge in [-0.25, -0.2) is 9.97 Å². The molecule has 4 rings (SSSR count). The highest BCUT2D eigenvalue weighted by molar-refractivity contribution is 6.05. The second kappa shape index (κ2) is 11.8. The van der Waals surface area contributed by atoms with Gasteiger partial charge in [-0.05, 0) is 67.0 Å². The molecule has 0 saturated heterocycles. The summed E-state index contributed by atoms with van der Waals surface area (Å²) in [5.74, 6) is 0.987. The highest BCUT2D eigenvalue weighted by Crippen LogP contribution is 2.28. The predicted octanol–water partition coefficient (Wildman–Crippen LogP) is 5.64. The van der Waals surface area contributed by atoms with Crippen molar-refractivity contribution in [2.24, 2.45) is 0 Å². The third-order valence-electron chi connectivity index (χ3n) is 6.68. The molecular formula is C30H35N5O2. The van der Waals surface area contributed by atoms with Crippen molar-refractivity contribution in [3.8, 4) is 17.0 Å². The molecular weight excluding hydrogens is 462 g/mol. The molecule has 0 spiro atoms. The fourth-order valence-electron chi connectivity index (χ4n) is 4.33. The monoisotopic (exact) mass is 497 g/mol. The number of fused-ring (bicyclic) bond motifs is 1. The molecule has 0 saturated carbocycles. The van der Waals surface area contributed by atoms with E-state index >= 15 is 0 Å². The first-order valence-electron chi connectivity index (χ1n) is 12.7. The maximum absolute atomic E-state index is 12.9. The van der Waals surface area contributed by atoms with Gasteiger partial charge in [0.1, 0.15) is 0 Å². The molecule has 0 bridgehead atoms. The zero-order valence-electron chi connectivity index (χ0n) is 22.3. The number of benzene rings is 3. The van der Waals surface area contributed by atoms with Gasteiger partial charge in [0, 0.05) is 31.4 Å². The lowest BCUT2D eigenvalue weighted by Gasteiger charge is -2.24. The van der Waals surface area contributed by atoms with Crippen LogP contribution in [-0.4, -0.2) is 61.1 Å². The van der Waals surface area contributed by atoms with Crippen LogP contribution in [0.25, 0.3) is 22.2 Å². The smallest absolute Gasteiger partial charge is 0.257 e. The first kappa shape index (κ1) is 26.1. The van der Waals surface area contributed by atoms with Gasteiger partial charge in [-0.1, -0.05) is 50.2 Å². The number of hydrogen-bond acceptors (Lipinski definition) is 6. The molecule has 37 heavy (non-hydrogen) atoms. The fourth-order valence-corrected chi connectivity index (χ4v) is 4.33. The topological polar surface area (TPSA) is 70.6 Å². The normalized spacial score (nSPS) is 11.1. The van der Waals surface area contributed by atoms with Crippen molar-refractivity contribution in [3.63, 3.8) is 0 Å². The minimum absolute atomic E-state index is 0.177. The summed E-state index contributed by atoms with van der Waals surface area (Å²) in [6, 6.07) is 21.4. The van der Waals surface area contributed by atoms with Gasteiger partial charge >= 0.3 is 0 Å². The summed E-state index contributed by atoms with van der Waals surface area (Å²) >= 11 is 0. The first-order valence-corrected chi connectivity index (χ1v) is 12.7. The Balaban J connectivity index is 1.50. The number of nitrogens with one attached hydrogen (secondary N) is 1. The maximum atomic E-state index is 12.9. The van der Waals surface area contributed by atoms with E-state index in [9.17, 15) is 4.79 Å². The number of rotatable bonds is 10. The van der Waals surface area contributed by atoms with Crippen LogP contribution in [0.4, 0.5) is 11.5 Å². The second-order valence-corrected chi connectivity index (χ2v) is 9.05. The Bertz CT molecular complexity index is 1370. The zero-order valence-corrected chi connectivity index (χ0v) is 22.3. The quantitative estimate of drug-likeness (QED) is 0.306. The number of amides is 1. The molecule has 1 amide bonds. The summed E-state index contributed by atoms with van der Waals surface area (Å²) < 4.78 is 5.56. The molecule has 0 unspecified atom stereocenters. The first-order chi connectivity index (χ1) is 17.9. The Morgan fingerprint density at radius 1 is 0.919 bits per heavy atom. The van der Waals surface area contributed by atoms with Crippen molar-refractivity contribution in [3.05, 3.63) is 77.9 Å². The number of aromatic nitrogens is 2. The van der Waals surface area contributed by atoms with E-state index in [1.807, 2.05) is 61.6 Å². The van der Waals surface area contributed by atoms with Gasteiger partial charge in [-0.15, -0.1) is 0 Å². The van der Waals surface area contributed by atoms with E-state index in [0.717, 1.165) is 42.8 Å². The van der Waals surface area contributed by atoms with Gasteiger partial charge in [0.2, 0.25) is 0 Å². The fraction of sp³-hybridized carbons (Fsp3) is 0.300. The molecule has 4 aromatic rings. The van der Waals surface area contributed by atoms with Crippen LogP contribution >= 0.6 is 0 Å². The van der Waals surface area contributed by atoms with Crippen LogP contribution in [-0.2, 0) is 0 Å². The third kappa shape index (κ3) is 6.06. The second-order valence-electron chi connectivity index (χ2n) is 9.05. The molecule has 7 nitrogen and oxygen atoms in total. The van der Waals surface area contributed by atoms with Crippen molar-refractivity contribution < 1.29 is 9.53 Å². The largest absolute Gasteiger partial charge is 0.478 e. The van der Waals surface area contributed by atoms with Crippen molar-refractivity contribution in [1.29, 1.82) is 0 Å². The summed E-state index contributed by atoms with van der Waals surface area (Å²) in [6.07, 6.45) is 0. The SMILES string of the molecule is CCN(CC)CCN(C)c1nc2ccc(NC(=O)c3ccc(-c4ccccc4C)cc3)cc2nc1OC. The summed E-state index contributed by atoms with van der Waals surface area (Å²) in [4.78, 5) is 26.9. The lowest BCUT2D eigenvalue weighted by atomic mass is 9.99. The molecule has 0 aliphatic rings. The van der Waals surface area contributed by atoms with E-state index in [4.69, 9.17) is 9.72 Å². The van der Waals surface area contributed by atoms with Gasteiger partial charge in [0.15, 0.2) is 5.82 Å². The molecule has 3 aromatic carbocycles. The number of hydrogen-bond donors (Lipinski definition) is 1. The van der Waals surface area contributed by atoms with Crippen LogP contribution in [0.3, 0.4) is 0 Å². The van der Waals surface area contributed by atoms with Crippen molar-refractivity contribution in [2.75, 3.05) is 50.6 Å². The molecule has 192 valence electrons. The highest BCUT2D eigenvalue weighted by Gasteiger charge is 2.16. The lowest BCUT2D eigenvalue weighted by molar-refractivity contribution is 0.102. The van der Waals surface area contributed by atoms with Crippen LogP contribution in [0.15, 0.2) is 66.7 Å². The number of aryl methyl sites for hydroxylation is 1. The third-order valence-corrected chi connectivity index (χ3v) is 6.68. The van der Waals surface area contributed by atoms with Crippen LogP contribution in [0.1, 0.15) is 29.8 Å². The van der Waals surface area contributed by atoms with E-state index in [1.54, 1.807) is 7.11 Å². The average molecular weight is 498 g/mol. The Kier molecular flexibility index (Phi) is 8.36. The minimum atomic E-state index is -0.177. The Morgan fingerprint density at radius 3 is 2.32 bits per heavy atom. The lowest BCUT2D eigenvalue weighted by Crippen LogP contribution is -2.33. The summed E-state index contributed by atoms with van der Waals surface area (Å²) in [6.45, 7) is 10.2. The molecule has 0 aliphatic carbocycles. The van der Waals surface area contributed by atoms with Gasteiger partial charge in [-0.3, -0.25) is 4.79 Å². The van der Waals surface area contributed by atoms with E-state index < -0.39 is 0 Å². The molecule has 1 N–H and O–H groups in total. The molecule has 0 radical (unpaired) electrons. The molecule has 7 heteroatoms. The maximum Gasteiger partial charge on any atom is 0.257 e. The number of carbonyl (C=O) groups excluding carboxylic acids is 1. The average Bonchev–Trinajstić information content (AvgIpc) is 2.93. The van der Waals surface area contributed by atoms with E-state index in [-0.39, 0.29) is 5.91 Å². The zero-order chi connectivity index (χ0) is 26.4. The Morgan fingerprint density at radius 2 is 1.65 bits per heavy atom. The highest BCUT2D eigenvalue weighted by atomic mass is 16.5. The number of likely N-dealkylation sites (N-methyl/N-ethyl adjacent to an activating group) is 2. The van der Waals surface area contributed by atoms with Crippen molar-refractivity contribution >= 4 is 28.4 Å². The van der Waals surface area contributed by atoms with Crippen LogP contribution in [0, 0.1) is 6.92 Å². The van der Waals surface area contributed by atoms with Crippen molar-refractivity contribution in [2.45, 2.75) is 20.8 Å². The standard InChI is InChI=1S/C30H35N5O2/c1-6-35(7-2)19-18-34(4)28-30(37-5)33-27-20-24(16-17-26(27)32-28)31-29(36)23-14-12-22(13-15-23)25-11-9-8-10-21(25)3/h8-17,20H,6-7,18-19H2,1-5H3,(H,31,36). The van der Waals surface area contributed by atoms with Crippen LogP contribution < -0.4 is 15.0 Å². The molecule has 0 fully saturated rings. The predicted molar refractivity (Wildman–Crippen MR) is 152 cm³/mol. The van der Waals surface area contributed by atoms with E-state index in [1.165, 1.54) is 5.56 Å². The summed E-state index contributed by atoms with van der Waals surface area (Å²) in [5, 5.41) is 2.98. The molecule has 1 heterocycles. The molecule has 1 aromatic heterocycles. The Labute approximate surface area is 219 Å². The van der Waals surface area contributed by atoms with Gasteiger partial charge < -0.3 is 19.9 Å². The van der Waals surface area contributed by atoms with Gasteiger partial charge in [0.25, 0.3) is 11.8 Å². The number of carbonyl (C=O) groups is 1. The summed E-state index contributed by atoms with van der Waals surface area (Å²) in [7, 11) is 3.60. The number of methoxy groups -OCH3 is 1. The number of nitrogens with zero attached hydrogens (tertiary/aromatic N) is 4. The van der Waals surface area contributed by atoms with Crippen molar-refractivity contribution in [1.82, 2.24) is 14.9 Å². The summed E-state index contributed by atoms with van der Waals surface area (Å²) in [5.41, 5.74) is 6.09. The van der Waals surface area contributed by atoms with Gasteiger partial charge in [-0.2, -0.15) is 0 Å².